The first kappa shape index (κ1) is 14.0. The molecule has 0 atom stereocenters. The van der Waals surface area contributed by atoms with Crippen LogP contribution in [0.5, 0.6) is 0 Å². The van der Waals surface area contributed by atoms with E-state index in [1.54, 1.807) is 0 Å². The summed E-state index contributed by atoms with van der Waals surface area (Å²) in [6.45, 7) is 12.3. The van der Waals surface area contributed by atoms with Crippen LogP contribution in [0.3, 0.4) is 0 Å². The van der Waals surface area contributed by atoms with Crippen molar-refractivity contribution >= 4 is 0 Å². The monoisotopic (exact) mass is 227 g/mol. The molecule has 1 aliphatic rings. The van der Waals surface area contributed by atoms with Crippen LogP contribution in [-0.2, 0) is 4.74 Å². The van der Waals surface area contributed by atoms with Gasteiger partial charge in [0.15, 0.2) is 0 Å². The highest BCUT2D eigenvalue weighted by molar-refractivity contribution is 4.97. The van der Waals surface area contributed by atoms with Gasteiger partial charge in [-0.05, 0) is 47.0 Å². The maximum absolute atomic E-state index is 6.02. The first-order chi connectivity index (χ1) is 7.35. The van der Waals surface area contributed by atoms with Gasteiger partial charge in [0.2, 0.25) is 0 Å². The van der Waals surface area contributed by atoms with E-state index in [0.29, 0.717) is 6.10 Å². The van der Waals surface area contributed by atoms with E-state index in [1.807, 2.05) is 0 Å². The Morgan fingerprint density at radius 2 is 1.62 bits per heavy atom. The van der Waals surface area contributed by atoms with E-state index >= 15 is 0 Å². The molecule has 0 aromatic heterocycles. The van der Waals surface area contributed by atoms with Gasteiger partial charge in [-0.25, -0.2) is 0 Å². The molecule has 1 N–H and O–H groups in total. The topological polar surface area (TPSA) is 21.3 Å². The number of hydrogen-bond donors (Lipinski definition) is 1. The van der Waals surface area contributed by atoms with Crippen molar-refractivity contribution in [2.75, 3.05) is 6.61 Å². The minimum Gasteiger partial charge on any atom is -0.378 e. The van der Waals surface area contributed by atoms with Crippen LogP contribution in [0.2, 0.25) is 0 Å². The van der Waals surface area contributed by atoms with Gasteiger partial charge in [-0.1, -0.05) is 19.8 Å². The lowest BCUT2D eigenvalue weighted by Crippen LogP contribution is -2.59. The molecule has 0 bridgehead atoms. The summed E-state index contributed by atoms with van der Waals surface area (Å²) in [5, 5.41) is 3.68. The van der Waals surface area contributed by atoms with Crippen molar-refractivity contribution in [1.29, 1.82) is 0 Å². The number of unbranched alkanes of at least 4 members (excludes halogenated alkanes) is 2. The summed E-state index contributed by atoms with van der Waals surface area (Å²) in [7, 11) is 0. The van der Waals surface area contributed by atoms with Gasteiger partial charge >= 0.3 is 0 Å². The zero-order valence-electron chi connectivity index (χ0n) is 11.7. The van der Waals surface area contributed by atoms with Crippen molar-refractivity contribution in [2.45, 2.75) is 83.9 Å². The lowest BCUT2D eigenvalue weighted by Gasteiger charge is -2.46. The van der Waals surface area contributed by atoms with Gasteiger partial charge < -0.3 is 10.1 Å². The van der Waals surface area contributed by atoms with E-state index in [2.05, 4.69) is 39.9 Å². The van der Waals surface area contributed by atoms with Gasteiger partial charge in [0, 0.05) is 17.7 Å². The normalized spacial score (nSPS) is 24.6. The smallest absolute Gasteiger partial charge is 0.0609 e. The summed E-state index contributed by atoms with van der Waals surface area (Å²) in [5.74, 6) is 0. The van der Waals surface area contributed by atoms with Crippen LogP contribution in [-0.4, -0.2) is 23.8 Å². The molecular weight excluding hydrogens is 198 g/mol. The van der Waals surface area contributed by atoms with Crippen molar-refractivity contribution in [2.24, 2.45) is 0 Å². The molecule has 2 heteroatoms. The maximum atomic E-state index is 6.02. The van der Waals surface area contributed by atoms with Crippen LogP contribution in [0, 0.1) is 0 Å². The van der Waals surface area contributed by atoms with Crippen LogP contribution in [0.4, 0.5) is 0 Å². The first-order valence-electron chi connectivity index (χ1n) is 6.76. The highest BCUT2D eigenvalue weighted by Crippen LogP contribution is 2.30. The van der Waals surface area contributed by atoms with E-state index < -0.39 is 0 Å². The van der Waals surface area contributed by atoms with Crippen LogP contribution in [0.25, 0.3) is 0 Å². The average Bonchev–Trinajstić information content (AvgIpc) is 2.07. The quantitative estimate of drug-likeness (QED) is 0.726. The second kappa shape index (κ2) is 5.50. The largest absolute Gasteiger partial charge is 0.378 e. The molecule has 1 aliphatic heterocycles. The molecule has 96 valence electrons. The van der Waals surface area contributed by atoms with E-state index in [0.717, 1.165) is 19.4 Å². The van der Waals surface area contributed by atoms with Crippen molar-refractivity contribution < 1.29 is 4.74 Å². The van der Waals surface area contributed by atoms with Crippen LogP contribution < -0.4 is 5.32 Å². The Labute approximate surface area is 101 Å². The third-order valence-electron chi connectivity index (χ3n) is 3.25. The Bertz CT molecular complexity index is 195. The number of ether oxygens (including phenoxy) is 1. The molecule has 1 rings (SSSR count). The van der Waals surface area contributed by atoms with Crippen LogP contribution >= 0.6 is 0 Å². The minimum absolute atomic E-state index is 0.206. The lowest BCUT2D eigenvalue weighted by molar-refractivity contribution is -0.0227. The fourth-order valence-corrected chi connectivity index (χ4v) is 2.95. The molecule has 0 spiro atoms. The average molecular weight is 227 g/mol. The SMILES string of the molecule is CCCCCOC1CC(C)(C)NC(C)(C)C1. The second-order valence-corrected chi connectivity index (χ2v) is 6.50. The summed E-state index contributed by atoms with van der Waals surface area (Å²) < 4.78 is 6.02. The Hall–Kier alpha value is -0.0800. The Balaban J connectivity index is 2.36. The Morgan fingerprint density at radius 3 is 2.12 bits per heavy atom. The summed E-state index contributed by atoms with van der Waals surface area (Å²) in [6.07, 6.45) is 6.46. The molecule has 1 fully saturated rings. The molecule has 0 amide bonds. The molecule has 2 nitrogen and oxygen atoms in total. The maximum Gasteiger partial charge on any atom is 0.0609 e. The van der Waals surface area contributed by atoms with Gasteiger partial charge in [-0.15, -0.1) is 0 Å². The summed E-state index contributed by atoms with van der Waals surface area (Å²) >= 11 is 0. The molecule has 0 aromatic carbocycles. The summed E-state index contributed by atoms with van der Waals surface area (Å²) in [6, 6.07) is 0. The number of nitrogens with one attached hydrogen (secondary N) is 1. The number of rotatable bonds is 5. The van der Waals surface area contributed by atoms with Crippen molar-refractivity contribution in [3.05, 3.63) is 0 Å². The van der Waals surface area contributed by atoms with E-state index in [9.17, 15) is 0 Å². The fraction of sp³-hybridized carbons (Fsp3) is 1.00. The van der Waals surface area contributed by atoms with Crippen molar-refractivity contribution in [3.63, 3.8) is 0 Å². The molecule has 0 unspecified atom stereocenters. The van der Waals surface area contributed by atoms with Gasteiger partial charge in [-0.3, -0.25) is 0 Å². The van der Waals surface area contributed by atoms with Gasteiger partial charge in [-0.2, -0.15) is 0 Å². The first-order valence-corrected chi connectivity index (χ1v) is 6.76. The van der Waals surface area contributed by atoms with Gasteiger partial charge in [0.25, 0.3) is 0 Å². The Kier molecular flexibility index (Phi) is 4.81. The van der Waals surface area contributed by atoms with Crippen LogP contribution in [0.15, 0.2) is 0 Å². The van der Waals surface area contributed by atoms with Crippen molar-refractivity contribution in [3.8, 4) is 0 Å². The van der Waals surface area contributed by atoms with E-state index in [4.69, 9.17) is 4.74 Å². The fourth-order valence-electron chi connectivity index (χ4n) is 2.95. The van der Waals surface area contributed by atoms with Crippen molar-refractivity contribution in [1.82, 2.24) is 5.32 Å². The van der Waals surface area contributed by atoms with Crippen LogP contribution in [0.1, 0.15) is 66.7 Å². The zero-order valence-corrected chi connectivity index (χ0v) is 11.7. The zero-order chi connectivity index (χ0) is 12.2. The second-order valence-electron chi connectivity index (χ2n) is 6.50. The minimum atomic E-state index is 0.206. The van der Waals surface area contributed by atoms with Gasteiger partial charge in [0.05, 0.1) is 6.10 Å². The standard InChI is InChI=1S/C14H29NO/c1-6-7-8-9-16-12-10-13(2,3)15-14(4,5)11-12/h12,15H,6-11H2,1-5H3. The molecule has 0 radical (unpaired) electrons. The lowest BCUT2D eigenvalue weighted by atomic mass is 9.81. The third-order valence-corrected chi connectivity index (χ3v) is 3.25. The molecule has 0 aromatic rings. The molecular formula is C14H29NO. The predicted octanol–water partition coefficient (Wildman–Crippen LogP) is 3.50. The number of piperidine rings is 1. The summed E-state index contributed by atoms with van der Waals surface area (Å²) in [5.41, 5.74) is 0.411. The third kappa shape index (κ3) is 4.84. The summed E-state index contributed by atoms with van der Waals surface area (Å²) in [4.78, 5) is 0. The number of hydrogen-bond acceptors (Lipinski definition) is 2. The molecule has 0 aliphatic carbocycles. The van der Waals surface area contributed by atoms with Gasteiger partial charge in [0.1, 0.15) is 0 Å². The highest BCUT2D eigenvalue weighted by atomic mass is 16.5. The molecule has 1 heterocycles. The predicted molar refractivity (Wildman–Crippen MR) is 69.8 cm³/mol. The molecule has 16 heavy (non-hydrogen) atoms. The van der Waals surface area contributed by atoms with E-state index in [-0.39, 0.29) is 11.1 Å². The molecule has 1 saturated heterocycles. The highest BCUT2D eigenvalue weighted by Gasteiger charge is 2.37. The van der Waals surface area contributed by atoms with E-state index in [1.165, 1.54) is 19.3 Å². The Morgan fingerprint density at radius 1 is 1.06 bits per heavy atom. The molecule has 0 saturated carbocycles.